The summed E-state index contributed by atoms with van der Waals surface area (Å²) in [6.07, 6.45) is 8.72. The predicted octanol–water partition coefficient (Wildman–Crippen LogP) is 7.89. The number of rotatable bonds is 9. The van der Waals surface area contributed by atoms with Crippen LogP contribution in [-0.2, 0) is 29.6 Å². The van der Waals surface area contributed by atoms with Crippen LogP contribution in [-0.4, -0.2) is 103 Å². The Balaban J connectivity index is 0.000000183. The van der Waals surface area contributed by atoms with Gasteiger partial charge in [0.05, 0.1) is 58.4 Å². The number of hydrogen-bond acceptors (Lipinski definition) is 14. The lowest BCUT2D eigenvalue weighted by atomic mass is 9.77. The molecule has 3 atom stereocenters. The minimum atomic E-state index is -3.52. The van der Waals surface area contributed by atoms with E-state index in [-0.39, 0.29) is 46.7 Å². The first-order chi connectivity index (χ1) is 32.7. The molecular weight excluding hydrogens is 958 g/mol. The molecule has 0 spiro atoms. The molecule has 4 aromatic heterocycles. The van der Waals surface area contributed by atoms with Crippen molar-refractivity contribution in [1.82, 2.24) is 44.1 Å². The molecule has 6 aromatic rings. The summed E-state index contributed by atoms with van der Waals surface area (Å²) in [4.78, 5) is 56.7. The maximum atomic E-state index is 13.6. The summed E-state index contributed by atoms with van der Waals surface area (Å²) in [5.74, 6) is 2.60. The number of likely N-dealkylation sites (tertiary alicyclic amines) is 1. The molecule has 1 unspecified atom stereocenters. The summed E-state index contributed by atoms with van der Waals surface area (Å²) in [5, 5.41) is 8.69. The third kappa shape index (κ3) is 13.8. The van der Waals surface area contributed by atoms with E-state index in [0.29, 0.717) is 23.6 Å². The van der Waals surface area contributed by atoms with Crippen LogP contribution < -0.4 is 9.44 Å². The lowest BCUT2D eigenvalue weighted by Crippen LogP contribution is -2.39. The molecule has 1 aliphatic heterocycles. The molecule has 22 heteroatoms. The fraction of sp³-hybridized carbons (Fsp3) is 0.479. The number of anilines is 2. The van der Waals surface area contributed by atoms with Crippen molar-refractivity contribution in [3.8, 4) is 0 Å². The van der Waals surface area contributed by atoms with E-state index in [4.69, 9.17) is 21.4 Å². The fourth-order valence-electron chi connectivity index (χ4n) is 8.72. The van der Waals surface area contributed by atoms with E-state index >= 15 is 0 Å². The minimum Gasteiger partial charge on any atom is -0.460 e. The quantitative estimate of drug-likeness (QED) is 0.103. The van der Waals surface area contributed by atoms with Crippen molar-refractivity contribution in [1.29, 1.82) is 0 Å². The summed E-state index contributed by atoms with van der Waals surface area (Å²) in [5.41, 5.74) is 5.42. The number of nitrogens with zero attached hydrogens (tertiary/aromatic N) is 9. The van der Waals surface area contributed by atoms with Gasteiger partial charge >= 0.3 is 5.97 Å². The van der Waals surface area contributed by atoms with Gasteiger partial charge < -0.3 is 9.64 Å². The van der Waals surface area contributed by atoms with E-state index in [9.17, 15) is 31.2 Å². The second-order valence-corrected chi connectivity index (χ2v) is 22.8. The molecular formula is C48H62ClN11O8S2. The van der Waals surface area contributed by atoms with Gasteiger partial charge in [-0.05, 0) is 130 Å². The average molecular weight is 1020 g/mol. The molecule has 2 aromatic carbocycles. The Labute approximate surface area is 414 Å². The Morgan fingerprint density at radius 1 is 0.657 bits per heavy atom. The van der Waals surface area contributed by atoms with Crippen LogP contribution in [0.25, 0.3) is 11.3 Å². The summed E-state index contributed by atoms with van der Waals surface area (Å²) < 4.78 is 59.4. The van der Waals surface area contributed by atoms with Crippen molar-refractivity contribution < 1.29 is 36.0 Å². The number of esters is 1. The van der Waals surface area contributed by atoms with Crippen LogP contribution in [0.4, 0.5) is 11.4 Å². The Kier molecular flexibility index (Phi) is 16.4. The summed E-state index contributed by atoms with van der Waals surface area (Å²) in [6.45, 7) is 17.5. The Hall–Kier alpha value is -6.06. The molecule has 2 N–H and O–H groups in total. The minimum absolute atomic E-state index is 0.0926. The highest BCUT2D eigenvalue weighted by molar-refractivity contribution is 7.92. The first-order valence-electron chi connectivity index (χ1n) is 23.0. The van der Waals surface area contributed by atoms with Crippen LogP contribution in [0.3, 0.4) is 0 Å². The van der Waals surface area contributed by atoms with E-state index in [2.05, 4.69) is 34.5 Å². The van der Waals surface area contributed by atoms with Crippen molar-refractivity contribution in [3.05, 3.63) is 105 Å². The van der Waals surface area contributed by atoms with Crippen LogP contribution >= 0.6 is 11.6 Å². The van der Waals surface area contributed by atoms with Crippen molar-refractivity contribution in [2.75, 3.05) is 28.5 Å². The fourth-order valence-corrected chi connectivity index (χ4v) is 10.0. The van der Waals surface area contributed by atoms with Crippen molar-refractivity contribution >= 4 is 71.4 Å². The Morgan fingerprint density at radius 2 is 1.14 bits per heavy atom. The monoisotopic (exact) mass is 1020 g/mol. The third-order valence-electron chi connectivity index (χ3n) is 11.6. The van der Waals surface area contributed by atoms with Crippen LogP contribution in [0.1, 0.15) is 144 Å². The standard InChI is InChI=1S/C21H26N6O3S.C18H26N4O2.C9H10ClNO3S/c1-13-8-9-17(25-31(4,29)30)16(11-13)21(28)26-10-6-5-7-19(26)18-12-20-23-14(2)22-15(3)27(20)24-18;1-11-19-12(2)22-16(20-11)10-15(21-22)13-8-6-7-9-14(13)17(23)24-18(3,4)5;1-6-3-4-8(11-15(2,13)14)7(5-6)9(10)12/h8-9,11-12,19,25H,5-7,10H2,1-4H3;10,13-14H,6-9H2,1-5H3;3-5,11H,1-2H3/t19-;13-,14?;/m01./s1. The van der Waals surface area contributed by atoms with Gasteiger partial charge in [-0.3, -0.25) is 23.8 Å². The number of fused-ring (bicyclic) bond motifs is 2. The second-order valence-electron chi connectivity index (χ2n) is 19.0. The number of ether oxygens (including phenoxy) is 1. The Morgan fingerprint density at radius 3 is 1.67 bits per heavy atom. The zero-order chi connectivity index (χ0) is 51.5. The zero-order valence-electron chi connectivity index (χ0n) is 41.5. The van der Waals surface area contributed by atoms with Crippen LogP contribution in [0.15, 0.2) is 48.5 Å². The van der Waals surface area contributed by atoms with Gasteiger partial charge in [0, 0.05) is 24.6 Å². The van der Waals surface area contributed by atoms with Gasteiger partial charge in [-0.25, -0.2) is 45.8 Å². The smallest absolute Gasteiger partial charge is 0.310 e. The maximum absolute atomic E-state index is 13.6. The second kappa shape index (κ2) is 21.5. The first-order valence-corrected chi connectivity index (χ1v) is 27.1. The topological polar surface area (TPSA) is 242 Å². The van der Waals surface area contributed by atoms with E-state index in [1.54, 1.807) is 45.1 Å². The highest BCUT2D eigenvalue weighted by Crippen LogP contribution is 2.39. The zero-order valence-corrected chi connectivity index (χ0v) is 43.9. The van der Waals surface area contributed by atoms with Gasteiger partial charge in [0.1, 0.15) is 28.9 Å². The maximum Gasteiger partial charge on any atom is 0.310 e. The van der Waals surface area contributed by atoms with E-state index in [1.807, 2.05) is 67.5 Å². The number of carbonyl (C=O) groups is 3. The molecule has 5 heterocycles. The number of aromatic nitrogens is 8. The van der Waals surface area contributed by atoms with E-state index < -0.39 is 30.9 Å². The number of sulfonamides is 2. The third-order valence-corrected chi connectivity index (χ3v) is 13.0. The lowest BCUT2D eigenvalue weighted by molar-refractivity contribution is -0.162. The van der Waals surface area contributed by atoms with Crippen molar-refractivity contribution in [3.63, 3.8) is 0 Å². The summed E-state index contributed by atoms with van der Waals surface area (Å²) >= 11 is 5.34. The number of hydrogen-bond donors (Lipinski definition) is 2. The molecule has 1 amide bonds. The molecule has 2 fully saturated rings. The van der Waals surface area contributed by atoms with E-state index in [1.165, 1.54) is 12.1 Å². The predicted molar refractivity (Wildman–Crippen MR) is 268 cm³/mol. The first kappa shape index (κ1) is 53.3. The molecule has 8 rings (SSSR count). The summed E-state index contributed by atoms with van der Waals surface area (Å²) in [6, 6.07) is 13.6. The van der Waals surface area contributed by atoms with Gasteiger partial charge in [0.25, 0.3) is 11.1 Å². The van der Waals surface area contributed by atoms with Gasteiger partial charge in [-0.2, -0.15) is 10.2 Å². The number of carbonyl (C=O) groups excluding carboxylic acids is 3. The SMILES string of the molecule is Cc1ccc(NS(C)(=O)=O)c(C(=O)Cl)c1.Cc1ccc(NS(C)(=O)=O)c(C(=O)N2CCCC[C@H]2c2cc3nc(C)nc(C)n3n2)c1.Cc1nc(C)n2nc([C@@H]3CCCCC3C(=O)OC(C)(C)C)cc2n1. The number of halogens is 1. The number of amides is 1. The average Bonchev–Trinajstić information content (AvgIpc) is 3.89. The number of aryl methyl sites for hydroxylation is 6. The number of piperidine rings is 1. The molecule has 19 nitrogen and oxygen atoms in total. The van der Waals surface area contributed by atoms with Gasteiger partial charge in [0.15, 0.2) is 11.3 Å². The normalized spacial score (nSPS) is 17.5. The molecule has 0 bridgehead atoms. The lowest BCUT2D eigenvalue weighted by Gasteiger charge is -2.35. The number of nitrogens with one attached hydrogen (secondary N) is 2. The Bertz CT molecular complexity index is 3170. The molecule has 0 radical (unpaired) electrons. The van der Waals surface area contributed by atoms with Crippen LogP contribution in [0, 0.1) is 47.5 Å². The highest BCUT2D eigenvalue weighted by atomic mass is 35.5. The van der Waals surface area contributed by atoms with Crippen LogP contribution in [0.2, 0.25) is 0 Å². The number of benzene rings is 2. The summed E-state index contributed by atoms with van der Waals surface area (Å²) in [7, 11) is -6.93. The molecule has 376 valence electrons. The molecule has 70 heavy (non-hydrogen) atoms. The van der Waals surface area contributed by atoms with Gasteiger partial charge in [0.2, 0.25) is 20.0 Å². The van der Waals surface area contributed by atoms with Gasteiger partial charge in [-0.1, -0.05) is 36.1 Å². The molecule has 1 saturated heterocycles. The molecule has 2 aliphatic rings. The highest BCUT2D eigenvalue weighted by Gasteiger charge is 2.37. The van der Waals surface area contributed by atoms with E-state index in [0.717, 1.165) is 103 Å². The van der Waals surface area contributed by atoms with Gasteiger partial charge in [-0.15, -0.1) is 0 Å². The van der Waals surface area contributed by atoms with Crippen molar-refractivity contribution in [2.45, 2.75) is 125 Å². The van der Waals surface area contributed by atoms with Crippen LogP contribution in [0.5, 0.6) is 0 Å². The molecule has 1 saturated carbocycles. The molecule has 1 aliphatic carbocycles. The largest absolute Gasteiger partial charge is 0.460 e. The van der Waals surface area contributed by atoms with Crippen molar-refractivity contribution in [2.24, 2.45) is 5.92 Å².